The Balaban J connectivity index is 2.00. The molecule has 27 heavy (non-hydrogen) atoms. The van der Waals surface area contributed by atoms with E-state index >= 15 is 0 Å². The minimum Gasteiger partial charge on any atom is -0.495 e. The van der Waals surface area contributed by atoms with E-state index in [4.69, 9.17) is 30.5 Å². The predicted octanol–water partition coefficient (Wildman–Crippen LogP) is 3.55. The molecule has 0 heterocycles. The quantitative estimate of drug-likeness (QED) is 0.690. The predicted molar refractivity (Wildman–Crippen MR) is 101 cm³/mol. The Morgan fingerprint density at radius 3 is 2.37 bits per heavy atom. The average molecular weight is 394 g/mol. The van der Waals surface area contributed by atoms with Gasteiger partial charge in [-0.2, -0.15) is 0 Å². The van der Waals surface area contributed by atoms with Gasteiger partial charge >= 0.3 is 5.97 Å². The van der Waals surface area contributed by atoms with Crippen LogP contribution in [0.3, 0.4) is 0 Å². The third-order valence-corrected chi connectivity index (χ3v) is 3.70. The molecular weight excluding hydrogens is 374 g/mol. The van der Waals surface area contributed by atoms with Crippen LogP contribution in [0.15, 0.2) is 36.4 Å². The fourth-order valence-corrected chi connectivity index (χ4v) is 2.42. The standard InChI is InChI=1S/C19H20ClNO6/c1-4-26-17-9-12(5-7-16(17)25-3)19(23)27-11-18(22)21-14-10-13(20)6-8-15(14)24-2/h5-10H,4,11H2,1-3H3,(H,21,22). The fourth-order valence-electron chi connectivity index (χ4n) is 2.25. The van der Waals surface area contributed by atoms with Gasteiger partial charge in [0.05, 0.1) is 32.1 Å². The van der Waals surface area contributed by atoms with Crippen molar-refractivity contribution in [1.29, 1.82) is 0 Å². The summed E-state index contributed by atoms with van der Waals surface area (Å²) in [6.07, 6.45) is 0. The van der Waals surface area contributed by atoms with Crippen molar-refractivity contribution in [1.82, 2.24) is 0 Å². The topological polar surface area (TPSA) is 83.1 Å². The summed E-state index contributed by atoms with van der Waals surface area (Å²) in [5.41, 5.74) is 0.626. The molecule has 0 aliphatic heterocycles. The van der Waals surface area contributed by atoms with Gasteiger partial charge in [-0.1, -0.05) is 11.6 Å². The summed E-state index contributed by atoms with van der Waals surface area (Å²) in [6.45, 7) is 1.77. The van der Waals surface area contributed by atoms with Crippen LogP contribution in [0.5, 0.6) is 17.2 Å². The smallest absolute Gasteiger partial charge is 0.338 e. The number of halogens is 1. The monoisotopic (exact) mass is 393 g/mol. The summed E-state index contributed by atoms with van der Waals surface area (Å²) >= 11 is 5.92. The number of hydrogen-bond donors (Lipinski definition) is 1. The molecule has 0 radical (unpaired) electrons. The maximum atomic E-state index is 12.2. The highest BCUT2D eigenvalue weighted by molar-refractivity contribution is 6.31. The van der Waals surface area contributed by atoms with Gasteiger partial charge in [0, 0.05) is 5.02 Å². The highest BCUT2D eigenvalue weighted by atomic mass is 35.5. The van der Waals surface area contributed by atoms with Gasteiger partial charge in [-0.05, 0) is 43.3 Å². The lowest BCUT2D eigenvalue weighted by atomic mass is 10.2. The Bertz CT molecular complexity index is 824. The molecule has 144 valence electrons. The molecule has 0 aromatic heterocycles. The summed E-state index contributed by atoms with van der Waals surface area (Å²) < 4.78 is 20.8. The third-order valence-electron chi connectivity index (χ3n) is 3.47. The van der Waals surface area contributed by atoms with Crippen LogP contribution in [-0.4, -0.2) is 39.3 Å². The summed E-state index contributed by atoms with van der Waals surface area (Å²) in [6, 6.07) is 9.42. The summed E-state index contributed by atoms with van der Waals surface area (Å²) in [5.74, 6) is 0.173. The molecule has 0 bridgehead atoms. The second kappa shape index (κ2) is 9.68. The molecule has 8 heteroatoms. The highest BCUT2D eigenvalue weighted by Gasteiger charge is 2.15. The number of rotatable bonds is 8. The van der Waals surface area contributed by atoms with Gasteiger partial charge in [-0.25, -0.2) is 4.79 Å². The van der Waals surface area contributed by atoms with Crippen LogP contribution in [-0.2, 0) is 9.53 Å². The van der Waals surface area contributed by atoms with Crippen LogP contribution < -0.4 is 19.5 Å². The lowest BCUT2D eigenvalue weighted by Crippen LogP contribution is -2.21. The van der Waals surface area contributed by atoms with Gasteiger partial charge in [-0.3, -0.25) is 4.79 Å². The second-order valence-electron chi connectivity index (χ2n) is 5.27. The molecule has 0 unspecified atom stereocenters. The Morgan fingerprint density at radius 1 is 1.00 bits per heavy atom. The normalized spacial score (nSPS) is 10.1. The van der Waals surface area contributed by atoms with Crippen molar-refractivity contribution in [3.63, 3.8) is 0 Å². The van der Waals surface area contributed by atoms with Crippen molar-refractivity contribution < 1.29 is 28.5 Å². The van der Waals surface area contributed by atoms with E-state index < -0.39 is 18.5 Å². The van der Waals surface area contributed by atoms with E-state index in [9.17, 15) is 9.59 Å². The zero-order chi connectivity index (χ0) is 19.8. The highest BCUT2D eigenvalue weighted by Crippen LogP contribution is 2.29. The zero-order valence-electron chi connectivity index (χ0n) is 15.2. The first-order chi connectivity index (χ1) is 13.0. The Hall–Kier alpha value is -2.93. The van der Waals surface area contributed by atoms with Gasteiger partial charge in [0.15, 0.2) is 18.1 Å². The molecule has 0 saturated carbocycles. The van der Waals surface area contributed by atoms with Crippen molar-refractivity contribution in [3.8, 4) is 17.2 Å². The van der Waals surface area contributed by atoms with Gasteiger partial charge < -0.3 is 24.3 Å². The first-order valence-corrected chi connectivity index (χ1v) is 8.47. The van der Waals surface area contributed by atoms with Crippen molar-refractivity contribution >= 4 is 29.2 Å². The fraction of sp³-hybridized carbons (Fsp3) is 0.263. The largest absolute Gasteiger partial charge is 0.495 e. The van der Waals surface area contributed by atoms with E-state index in [2.05, 4.69) is 5.32 Å². The van der Waals surface area contributed by atoms with Gasteiger partial charge in [-0.15, -0.1) is 0 Å². The number of ether oxygens (including phenoxy) is 4. The van der Waals surface area contributed by atoms with Crippen molar-refractivity contribution in [2.24, 2.45) is 0 Å². The minimum absolute atomic E-state index is 0.243. The molecule has 0 saturated heterocycles. The molecule has 7 nitrogen and oxygen atoms in total. The molecule has 1 N–H and O–H groups in total. The zero-order valence-corrected chi connectivity index (χ0v) is 16.0. The number of benzene rings is 2. The molecule has 0 aliphatic carbocycles. The summed E-state index contributed by atoms with van der Waals surface area (Å²) in [5, 5.41) is 3.02. The van der Waals surface area contributed by atoms with Crippen LogP contribution >= 0.6 is 11.6 Å². The Labute approximate surface area is 162 Å². The molecule has 1 amide bonds. The number of carbonyl (C=O) groups excluding carboxylic acids is 2. The van der Waals surface area contributed by atoms with E-state index in [1.807, 2.05) is 6.92 Å². The number of methoxy groups -OCH3 is 2. The Morgan fingerprint density at radius 2 is 1.70 bits per heavy atom. The van der Waals surface area contributed by atoms with Gasteiger partial charge in [0.25, 0.3) is 5.91 Å². The van der Waals surface area contributed by atoms with E-state index in [1.165, 1.54) is 32.4 Å². The first-order valence-electron chi connectivity index (χ1n) is 8.09. The molecule has 0 atom stereocenters. The van der Waals surface area contributed by atoms with Crippen molar-refractivity contribution in [2.75, 3.05) is 32.8 Å². The number of anilines is 1. The first kappa shape index (κ1) is 20.4. The second-order valence-corrected chi connectivity index (χ2v) is 5.70. The molecule has 0 spiro atoms. The van der Waals surface area contributed by atoms with Crippen LogP contribution in [0.4, 0.5) is 5.69 Å². The minimum atomic E-state index is -0.660. The summed E-state index contributed by atoms with van der Waals surface area (Å²) in [7, 11) is 2.98. The van der Waals surface area contributed by atoms with Crippen LogP contribution in [0.1, 0.15) is 17.3 Å². The number of hydrogen-bond acceptors (Lipinski definition) is 6. The Kier molecular flexibility index (Phi) is 7.31. The van der Waals surface area contributed by atoms with Crippen molar-refractivity contribution in [3.05, 3.63) is 47.0 Å². The van der Waals surface area contributed by atoms with Crippen molar-refractivity contribution in [2.45, 2.75) is 6.92 Å². The summed E-state index contributed by atoms with van der Waals surface area (Å²) in [4.78, 5) is 24.3. The molecule has 0 aliphatic rings. The van der Waals surface area contributed by atoms with E-state index in [-0.39, 0.29) is 5.56 Å². The molecular formula is C19H20ClNO6. The van der Waals surface area contributed by atoms with E-state index in [0.717, 1.165) is 0 Å². The average Bonchev–Trinajstić information content (AvgIpc) is 2.66. The van der Waals surface area contributed by atoms with Crippen LogP contribution in [0, 0.1) is 0 Å². The van der Waals surface area contributed by atoms with E-state index in [1.54, 1.807) is 18.2 Å². The SMILES string of the molecule is CCOc1cc(C(=O)OCC(=O)Nc2cc(Cl)ccc2OC)ccc1OC. The molecule has 2 rings (SSSR count). The van der Waals surface area contributed by atoms with Gasteiger partial charge in [0.1, 0.15) is 5.75 Å². The third kappa shape index (κ3) is 5.52. The lowest BCUT2D eigenvalue weighted by Gasteiger charge is -2.12. The molecule has 2 aromatic rings. The lowest BCUT2D eigenvalue weighted by molar-refractivity contribution is -0.119. The van der Waals surface area contributed by atoms with Crippen LogP contribution in [0.2, 0.25) is 5.02 Å². The van der Waals surface area contributed by atoms with E-state index in [0.29, 0.717) is 34.6 Å². The number of nitrogens with one attached hydrogen (secondary N) is 1. The maximum Gasteiger partial charge on any atom is 0.338 e. The maximum absolute atomic E-state index is 12.2. The number of amides is 1. The molecule has 2 aromatic carbocycles. The molecule has 0 fully saturated rings. The number of carbonyl (C=O) groups is 2. The van der Waals surface area contributed by atoms with Gasteiger partial charge in [0.2, 0.25) is 0 Å². The van der Waals surface area contributed by atoms with Crippen LogP contribution in [0.25, 0.3) is 0 Å². The number of esters is 1.